The van der Waals surface area contributed by atoms with Gasteiger partial charge >= 0.3 is 5.97 Å². The first-order valence-electron chi connectivity index (χ1n) is 10.5. The predicted octanol–water partition coefficient (Wildman–Crippen LogP) is 2.75. The van der Waals surface area contributed by atoms with Gasteiger partial charge in [0.25, 0.3) is 5.69 Å². The number of nitrogens with one attached hydrogen (secondary N) is 1. The van der Waals surface area contributed by atoms with Gasteiger partial charge < -0.3 is 9.84 Å². The normalized spacial score (nSPS) is 14.1. The highest BCUT2D eigenvalue weighted by atomic mass is 32.2. The summed E-state index contributed by atoms with van der Waals surface area (Å²) >= 11 is 0. The summed E-state index contributed by atoms with van der Waals surface area (Å²) in [6, 6.07) is 13.9. The number of nitro benzene ring substituents is 1. The van der Waals surface area contributed by atoms with Crippen molar-refractivity contribution in [2.24, 2.45) is 0 Å². The van der Waals surface area contributed by atoms with Gasteiger partial charge in [-0.1, -0.05) is 42.5 Å². The van der Waals surface area contributed by atoms with Crippen LogP contribution in [0.2, 0.25) is 0 Å². The minimum Gasteiger partial charge on any atom is -0.465 e. The molecule has 3 aromatic rings. The first kappa shape index (κ1) is 24.2. The lowest BCUT2D eigenvalue weighted by Gasteiger charge is -2.23. The molecule has 0 aromatic heterocycles. The summed E-state index contributed by atoms with van der Waals surface area (Å²) in [6.07, 6.45) is -1.79. The zero-order chi connectivity index (χ0) is 25.3. The van der Waals surface area contributed by atoms with Crippen LogP contribution in [0.15, 0.2) is 71.6 Å². The molecule has 0 saturated carbocycles. The maximum absolute atomic E-state index is 13.2. The van der Waals surface area contributed by atoms with Crippen molar-refractivity contribution in [3.8, 4) is 11.1 Å². The highest BCUT2D eigenvalue weighted by Gasteiger charge is 2.36. The summed E-state index contributed by atoms with van der Waals surface area (Å²) in [4.78, 5) is 35.5. The van der Waals surface area contributed by atoms with E-state index in [-0.39, 0.29) is 34.1 Å². The number of fused-ring (bicyclic) bond motifs is 3. The summed E-state index contributed by atoms with van der Waals surface area (Å²) < 4.78 is 33.4. The fraction of sp³-hybridized carbons (Fsp3) is 0.167. The third-order valence-corrected chi connectivity index (χ3v) is 7.01. The summed E-state index contributed by atoms with van der Waals surface area (Å²) in [5.41, 5.74) is 1.53. The van der Waals surface area contributed by atoms with Gasteiger partial charge in [0.05, 0.1) is 16.4 Å². The van der Waals surface area contributed by atoms with Gasteiger partial charge in [-0.2, -0.15) is 4.72 Å². The lowest BCUT2D eigenvalue weighted by atomic mass is 10.0. The molecule has 180 valence electrons. The van der Waals surface area contributed by atoms with E-state index in [1.165, 1.54) is 43.3 Å². The number of benzene rings is 3. The van der Waals surface area contributed by atoms with Crippen LogP contribution in [0.1, 0.15) is 34.5 Å². The van der Waals surface area contributed by atoms with Crippen molar-refractivity contribution in [3.05, 3.63) is 93.5 Å². The maximum atomic E-state index is 13.2. The van der Waals surface area contributed by atoms with E-state index >= 15 is 0 Å². The molecular formula is C24H20N2O8S. The van der Waals surface area contributed by atoms with Crippen molar-refractivity contribution in [1.82, 2.24) is 4.72 Å². The predicted molar refractivity (Wildman–Crippen MR) is 124 cm³/mol. The van der Waals surface area contributed by atoms with Crippen molar-refractivity contribution in [2.45, 2.75) is 24.0 Å². The molecule has 0 spiro atoms. The van der Waals surface area contributed by atoms with Crippen LogP contribution in [0.3, 0.4) is 0 Å². The number of sulfonamides is 1. The number of nitro groups is 1. The summed E-state index contributed by atoms with van der Waals surface area (Å²) in [5.74, 6) is -1.40. The van der Waals surface area contributed by atoms with Gasteiger partial charge in [-0.15, -0.1) is 0 Å². The Morgan fingerprint density at radius 3 is 2.40 bits per heavy atom. The Morgan fingerprint density at radius 1 is 1.03 bits per heavy atom. The topological polar surface area (TPSA) is 153 Å². The Labute approximate surface area is 200 Å². The molecule has 0 aliphatic heterocycles. The van der Waals surface area contributed by atoms with Gasteiger partial charge in [-0.05, 0) is 35.7 Å². The van der Waals surface area contributed by atoms with E-state index in [0.717, 1.165) is 6.07 Å². The molecule has 0 saturated heterocycles. The van der Waals surface area contributed by atoms with E-state index in [0.29, 0.717) is 16.7 Å². The van der Waals surface area contributed by atoms with Crippen molar-refractivity contribution in [2.75, 3.05) is 6.61 Å². The smallest absolute Gasteiger partial charge is 0.327 e. The Morgan fingerprint density at radius 2 is 1.71 bits per heavy atom. The second kappa shape index (κ2) is 9.37. The van der Waals surface area contributed by atoms with E-state index in [2.05, 4.69) is 4.72 Å². The first-order chi connectivity index (χ1) is 16.6. The molecule has 11 heteroatoms. The summed E-state index contributed by atoms with van der Waals surface area (Å²) in [6.45, 7) is 1.41. The second-order valence-corrected chi connectivity index (χ2v) is 9.44. The van der Waals surface area contributed by atoms with E-state index in [4.69, 9.17) is 4.74 Å². The molecule has 0 amide bonds. The SMILES string of the molecule is CCOC(=O)[C@H](NS(=O)(=O)c1ccc2c(c1)C(=O)c1ccccc1-2)[C@H](O)c1cccc([N+](=O)[O-])c1. The van der Waals surface area contributed by atoms with Crippen molar-refractivity contribution in [3.63, 3.8) is 0 Å². The van der Waals surface area contributed by atoms with Crippen LogP contribution in [0.25, 0.3) is 11.1 Å². The third kappa shape index (κ3) is 4.56. The number of rotatable bonds is 8. The number of aliphatic hydroxyl groups is 1. The highest BCUT2D eigenvalue weighted by molar-refractivity contribution is 7.89. The number of nitrogens with zero attached hydrogens (tertiary/aromatic N) is 1. The molecule has 0 radical (unpaired) electrons. The van der Waals surface area contributed by atoms with Crippen molar-refractivity contribution < 1.29 is 32.8 Å². The number of hydrogen-bond donors (Lipinski definition) is 2. The van der Waals surface area contributed by atoms with Gasteiger partial charge in [-0.25, -0.2) is 8.42 Å². The lowest BCUT2D eigenvalue weighted by molar-refractivity contribution is -0.385. The number of carbonyl (C=O) groups is 2. The van der Waals surface area contributed by atoms with Crippen LogP contribution in [0.5, 0.6) is 0 Å². The molecule has 0 unspecified atom stereocenters. The van der Waals surface area contributed by atoms with Gasteiger partial charge in [0.1, 0.15) is 12.1 Å². The van der Waals surface area contributed by atoms with E-state index in [1.807, 2.05) is 0 Å². The maximum Gasteiger partial charge on any atom is 0.327 e. The molecular weight excluding hydrogens is 476 g/mol. The molecule has 10 nitrogen and oxygen atoms in total. The summed E-state index contributed by atoms with van der Waals surface area (Å²) in [5, 5.41) is 21.9. The van der Waals surface area contributed by atoms with Crippen LogP contribution in [-0.2, 0) is 19.6 Å². The van der Waals surface area contributed by atoms with E-state index in [1.54, 1.807) is 24.3 Å². The zero-order valence-corrected chi connectivity index (χ0v) is 19.2. The Bertz CT molecular complexity index is 1450. The van der Waals surface area contributed by atoms with Crippen LogP contribution >= 0.6 is 0 Å². The fourth-order valence-corrected chi connectivity index (χ4v) is 5.11. The first-order valence-corrected chi connectivity index (χ1v) is 12.0. The van der Waals surface area contributed by atoms with Gasteiger partial charge in [-0.3, -0.25) is 19.7 Å². The minimum absolute atomic E-state index is 0.0560. The highest BCUT2D eigenvalue weighted by Crippen LogP contribution is 2.37. The molecule has 0 bridgehead atoms. The average molecular weight is 496 g/mol. The third-order valence-electron chi connectivity index (χ3n) is 5.57. The number of ketones is 1. The van der Waals surface area contributed by atoms with E-state index < -0.39 is 33.1 Å². The molecule has 0 heterocycles. The minimum atomic E-state index is -4.43. The Balaban J connectivity index is 1.68. The molecule has 2 N–H and O–H groups in total. The largest absolute Gasteiger partial charge is 0.465 e. The zero-order valence-electron chi connectivity index (χ0n) is 18.4. The number of hydrogen-bond acceptors (Lipinski definition) is 8. The molecule has 1 aliphatic rings. The number of carbonyl (C=O) groups excluding carboxylic acids is 2. The van der Waals surface area contributed by atoms with Crippen molar-refractivity contribution >= 4 is 27.5 Å². The van der Waals surface area contributed by atoms with Crippen LogP contribution in [-0.4, -0.2) is 42.8 Å². The summed E-state index contributed by atoms with van der Waals surface area (Å²) in [7, 11) is -4.43. The second-order valence-electron chi connectivity index (χ2n) is 7.73. The molecule has 2 atom stereocenters. The number of esters is 1. The van der Waals surface area contributed by atoms with Gasteiger partial charge in [0.2, 0.25) is 10.0 Å². The lowest BCUT2D eigenvalue weighted by Crippen LogP contribution is -2.45. The van der Waals surface area contributed by atoms with Crippen LogP contribution in [0, 0.1) is 10.1 Å². The standard InChI is InChI=1S/C24H20N2O8S/c1-2-34-24(29)21(22(27)14-6-5-7-15(12-14)26(30)31)25-35(32,33)16-10-11-18-17-8-3-4-9-19(17)23(28)20(18)13-16/h3-13,21-22,25,27H,2H2,1H3/t21-,22-/m1/s1. The molecule has 35 heavy (non-hydrogen) atoms. The average Bonchev–Trinajstić information content (AvgIpc) is 3.14. The molecule has 0 fully saturated rings. The van der Waals surface area contributed by atoms with Crippen LogP contribution < -0.4 is 4.72 Å². The Hall–Kier alpha value is -3.93. The quantitative estimate of drug-likeness (QED) is 0.214. The number of ether oxygens (including phenoxy) is 1. The van der Waals surface area contributed by atoms with Crippen molar-refractivity contribution in [1.29, 1.82) is 0 Å². The number of non-ortho nitro benzene ring substituents is 1. The fourth-order valence-electron chi connectivity index (χ4n) is 3.90. The van der Waals surface area contributed by atoms with E-state index in [9.17, 15) is 33.2 Å². The molecule has 1 aliphatic carbocycles. The van der Waals surface area contributed by atoms with Gasteiger partial charge in [0, 0.05) is 23.3 Å². The van der Waals surface area contributed by atoms with Crippen LogP contribution in [0.4, 0.5) is 5.69 Å². The molecule has 4 rings (SSSR count). The Kier molecular flexibility index (Phi) is 6.48. The molecule has 3 aromatic carbocycles. The number of aliphatic hydroxyl groups excluding tert-OH is 1. The monoisotopic (exact) mass is 496 g/mol. The van der Waals surface area contributed by atoms with Gasteiger partial charge in [0.15, 0.2) is 5.78 Å².